The van der Waals surface area contributed by atoms with Crippen LogP contribution in [0.2, 0.25) is 0 Å². The number of carbonyl (C=O) groups is 1. The van der Waals surface area contributed by atoms with Gasteiger partial charge in [-0.25, -0.2) is 4.79 Å². The summed E-state index contributed by atoms with van der Waals surface area (Å²) in [6, 6.07) is 13.1. The van der Waals surface area contributed by atoms with E-state index in [1.165, 1.54) is 33.7 Å². The van der Waals surface area contributed by atoms with Crippen LogP contribution in [0, 0.1) is 0 Å². The van der Waals surface area contributed by atoms with E-state index in [1.807, 2.05) is 46.6 Å². The second-order valence-electron chi connectivity index (χ2n) is 8.64. The number of rotatable bonds is 5. The van der Waals surface area contributed by atoms with Gasteiger partial charge >= 0.3 is 6.03 Å². The third-order valence-electron chi connectivity index (χ3n) is 6.82. The first kappa shape index (κ1) is 22.6. The number of methoxy groups -OCH3 is 3. The minimum Gasteiger partial charge on any atom is -0.497 e. The Balaban J connectivity index is 1.55. The zero-order valence-electron chi connectivity index (χ0n) is 19.8. The molecule has 34 heavy (non-hydrogen) atoms. The Hall–Kier alpha value is -3.19. The number of ether oxygens (including phenoxy) is 3. The van der Waals surface area contributed by atoms with Gasteiger partial charge in [-0.1, -0.05) is 18.2 Å². The molecule has 7 heteroatoms. The third-order valence-corrected chi connectivity index (χ3v) is 8.21. The molecule has 0 bridgehead atoms. The van der Waals surface area contributed by atoms with E-state index in [-0.39, 0.29) is 12.1 Å². The summed E-state index contributed by atoms with van der Waals surface area (Å²) in [7, 11) is 4.89. The Morgan fingerprint density at radius 2 is 1.74 bits per heavy atom. The maximum atomic E-state index is 13.7. The Labute approximate surface area is 204 Å². The number of para-hydroxylation sites is 1. The molecule has 0 saturated carbocycles. The van der Waals surface area contributed by atoms with Crippen molar-refractivity contribution in [1.82, 2.24) is 4.90 Å². The summed E-state index contributed by atoms with van der Waals surface area (Å²) in [4.78, 5) is 18.4. The van der Waals surface area contributed by atoms with Crippen molar-refractivity contribution < 1.29 is 19.0 Å². The van der Waals surface area contributed by atoms with Gasteiger partial charge < -0.3 is 24.4 Å². The standard InChI is InChI=1S/C27H30N2O4S/c1-31-17-12-13-21(23(16-17)33-3)28-27(30)29-15-14-19-18-8-5-7-11-24(18)34-26(19)25(29)20-9-4-6-10-22(20)32-2/h4,6,9-10,12-13,16,25H,5,7-8,11,14-15H2,1-3H3,(H,28,30). The SMILES string of the molecule is COc1ccc(NC(=O)N2CCc3c(sc4c3CCCC4)C2c2ccccc2OC)c(OC)c1. The van der Waals surface area contributed by atoms with Crippen LogP contribution < -0.4 is 19.5 Å². The number of nitrogens with one attached hydrogen (secondary N) is 1. The molecule has 1 N–H and O–H groups in total. The molecule has 2 heterocycles. The molecule has 2 aromatic carbocycles. The van der Waals surface area contributed by atoms with Gasteiger partial charge in [-0.05, 0) is 61.4 Å². The molecule has 1 unspecified atom stereocenters. The van der Waals surface area contributed by atoms with Crippen molar-refractivity contribution in [2.75, 3.05) is 33.2 Å². The van der Waals surface area contributed by atoms with Crippen LogP contribution in [0.4, 0.5) is 10.5 Å². The number of hydrogen-bond acceptors (Lipinski definition) is 5. The van der Waals surface area contributed by atoms with Crippen molar-refractivity contribution in [1.29, 1.82) is 0 Å². The monoisotopic (exact) mass is 478 g/mol. The van der Waals surface area contributed by atoms with Gasteiger partial charge in [0.1, 0.15) is 17.2 Å². The Kier molecular flexibility index (Phi) is 6.37. The van der Waals surface area contributed by atoms with Crippen LogP contribution in [0.1, 0.15) is 45.3 Å². The van der Waals surface area contributed by atoms with Gasteiger partial charge in [-0.15, -0.1) is 11.3 Å². The molecule has 3 aromatic rings. The molecule has 1 aromatic heterocycles. The van der Waals surface area contributed by atoms with E-state index in [0.29, 0.717) is 23.7 Å². The topological polar surface area (TPSA) is 60.0 Å². The lowest BCUT2D eigenvalue weighted by Gasteiger charge is -2.37. The fraction of sp³-hybridized carbons (Fsp3) is 0.370. The van der Waals surface area contributed by atoms with E-state index >= 15 is 0 Å². The van der Waals surface area contributed by atoms with Gasteiger partial charge in [-0.3, -0.25) is 0 Å². The fourth-order valence-corrected chi connectivity index (χ4v) is 6.73. The molecule has 0 spiro atoms. The number of aryl methyl sites for hydroxylation is 1. The second kappa shape index (κ2) is 9.58. The zero-order valence-corrected chi connectivity index (χ0v) is 20.7. The van der Waals surface area contributed by atoms with Gasteiger partial charge in [0.2, 0.25) is 0 Å². The van der Waals surface area contributed by atoms with E-state index in [2.05, 4.69) is 11.4 Å². The molecule has 0 saturated heterocycles. The number of nitrogens with zero attached hydrogens (tertiary/aromatic N) is 1. The predicted octanol–water partition coefficient (Wildman–Crippen LogP) is 5.83. The average molecular weight is 479 g/mol. The van der Waals surface area contributed by atoms with Crippen molar-refractivity contribution >= 4 is 23.1 Å². The first-order chi connectivity index (χ1) is 16.6. The minimum absolute atomic E-state index is 0.156. The number of thiophene rings is 1. The largest absolute Gasteiger partial charge is 0.497 e. The summed E-state index contributed by atoms with van der Waals surface area (Å²) >= 11 is 1.88. The molecular formula is C27H30N2O4S. The number of anilines is 1. The molecule has 178 valence electrons. The normalized spacial score (nSPS) is 16.9. The van der Waals surface area contributed by atoms with Crippen molar-refractivity contribution in [3.8, 4) is 17.2 Å². The molecule has 6 nitrogen and oxygen atoms in total. The van der Waals surface area contributed by atoms with Crippen LogP contribution >= 0.6 is 11.3 Å². The highest BCUT2D eigenvalue weighted by Gasteiger charge is 2.38. The third kappa shape index (κ3) is 3.98. The lowest BCUT2D eigenvalue weighted by molar-refractivity contribution is 0.194. The number of amides is 2. The average Bonchev–Trinajstić information content (AvgIpc) is 3.27. The molecule has 5 rings (SSSR count). The smallest absolute Gasteiger partial charge is 0.322 e. The highest BCUT2D eigenvalue weighted by atomic mass is 32.1. The zero-order chi connectivity index (χ0) is 23.7. The predicted molar refractivity (Wildman–Crippen MR) is 135 cm³/mol. The van der Waals surface area contributed by atoms with Gasteiger partial charge in [0.15, 0.2) is 0 Å². The van der Waals surface area contributed by atoms with Crippen molar-refractivity contribution in [2.24, 2.45) is 0 Å². The van der Waals surface area contributed by atoms with Crippen molar-refractivity contribution in [3.63, 3.8) is 0 Å². The van der Waals surface area contributed by atoms with E-state index in [9.17, 15) is 4.79 Å². The molecular weight excluding hydrogens is 448 g/mol. The number of fused-ring (bicyclic) bond motifs is 3. The van der Waals surface area contributed by atoms with E-state index < -0.39 is 0 Å². The minimum atomic E-state index is -0.195. The van der Waals surface area contributed by atoms with Gasteiger partial charge in [0.25, 0.3) is 0 Å². The Morgan fingerprint density at radius 1 is 0.941 bits per heavy atom. The molecule has 1 atom stereocenters. The Morgan fingerprint density at radius 3 is 2.53 bits per heavy atom. The maximum Gasteiger partial charge on any atom is 0.322 e. The Bertz CT molecular complexity index is 1210. The number of benzene rings is 2. The number of hydrogen-bond donors (Lipinski definition) is 1. The first-order valence-corrected chi connectivity index (χ1v) is 12.5. The van der Waals surface area contributed by atoms with Crippen LogP contribution in [0.3, 0.4) is 0 Å². The molecule has 1 aliphatic carbocycles. The second-order valence-corrected chi connectivity index (χ2v) is 9.77. The lowest BCUT2D eigenvalue weighted by atomic mass is 9.88. The van der Waals surface area contributed by atoms with E-state index in [1.54, 1.807) is 27.4 Å². The first-order valence-electron chi connectivity index (χ1n) is 11.7. The summed E-state index contributed by atoms with van der Waals surface area (Å²) in [5.41, 5.74) is 4.61. The molecule has 0 fully saturated rings. The quantitative estimate of drug-likeness (QED) is 0.501. The van der Waals surface area contributed by atoms with Crippen LogP contribution in [0.5, 0.6) is 17.2 Å². The maximum absolute atomic E-state index is 13.7. The molecule has 1 aliphatic heterocycles. The number of carbonyl (C=O) groups excluding carboxylic acids is 1. The van der Waals surface area contributed by atoms with Crippen molar-refractivity contribution in [2.45, 2.75) is 38.1 Å². The van der Waals surface area contributed by atoms with Gasteiger partial charge in [0, 0.05) is 27.9 Å². The van der Waals surface area contributed by atoms with Crippen LogP contribution in [-0.2, 0) is 19.3 Å². The molecule has 2 aliphatic rings. The van der Waals surface area contributed by atoms with Gasteiger partial charge in [-0.2, -0.15) is 0 Å². The summed E-state index contributed by atoms with van der Waals surface area (Å²) in [6.07, 6.45) is 5.65. The lowest BCUT2D eigenvalue weighted by Crippen LogP contribution is -2.42. The molecule has 2 amide bonds. The van der Waals surface area contributed by atoms with Gasteiger partial charge in [0.05, 0.1) is 33.1 Å². The summed E-state index contributed by atoms with van der Waals surface area (Å²) in [5, 5.41) is 3.08. The van der Waals surface area contributed by atoms with E-state index in [4.69, 9.17) is 14.2 Å². The summed E-state index contributed by atoms with van der Waals surface area (Å²) < 4.78 is 16.5. The van der Waals surface area contributed by atoms with Crippen LogP contribution in [-0.4, -0.2) is 38.8 Å². The van der Waals surface area contributed by atoms with Crippen LogP contribution in [0.15, 0.2) is 42.5 Å². The highest BCUT2D eigenvalue weighted by Crippen LogP contribution is 2.47. The number of urea groups is 1. The van der Waals surface area contributed by atoms with Crippen LogP contribution in [0.25, 0.3) is 0 Å². The summed E-state index contributed by atoms with van der Waals surface area (Å²) in [5.74, 6) is 2.03. The van der Waals surface area contributed by atoms with E-state index in [0.717, 1.165) is 30.6 Å². The van der Waals surface area contributed by atoms with Crippen molar-refractivity contribution in [3.05, 3.63) is 68.9 Å². The molecule has 0 radical (unpaired) electrons. The highest BCUT2D eigenvalue weighted by molar-refractivity contribution is 7.12. The fourth-order valence-electron chi connectivity index (χ4n) is 5.16. The summed E-state index contributed by atoms with van der Waals surface area (Å²) in [6.45, 7) is 0.642.